The third-order valence-electron chi connectivity index (χ3n) is 2.08. The number of rotatable bonds is 3. The fourth-order valence-corrected chi connectivity index (χ4v) is 1.44. The van der Waals surface area contributed by atoms with Gasteiger partial charge in [-0.25, -0.2) is 0 Å². The number of benzene rings is 1. The van der Waals surface area contributed by atoms with Crippen LogP contribution < -0.4 is 10.1 Å². The first-order valence-electron chi connectivity index (χ1n) is 4.64. The van der Waals surface area contributed by atoms with Crippen LogP contribution in [0.4, 0.5) is 5.82 Å². The van der Waals surface area contributed by atoms with Gasteiger partial charge < -0.3 is 10.1 Å². The van der Waals surface area contributed by atoms with Crippen molar-refractivity contribution in [3.63, 3.8) is 0 Å². The lowest BCUT2D eigenvalue weighted by atomic mass is 10.2. The van der Waals surface area contributed by atoms with Gasteiger partial charge in [0, 0.05) is 12.4 Å². The summed E-state index contributed by atoms with van der Waals surface area (Å²) in [6.45, 7) is 2.65. The van der Waals surface area contributed by atoms with Crippen LogP contribution in [0.5, 0.6) is 5.75 Å². The summed E-state index contributed by atoms with van der Waals surface area (Å²) in [4.78, 5) is 0. The van der Waals surface area contributed by atoms with Gasteiger partial charge in [0.1, 0.15) is 5.75 Å². The molecule has 0 saturated heterocycles. The Morgan fingerprint density at radius 3 is 3.07 bits per heavy atom. The Balaban J connectivity index is 2.50. The number of aromatic amines is 1. The second-order valence-corrected chi connectivity index (χ2v) is 2.96. The van der Waals surface area contributed by atoms with E-state index in [9.17, 15) is 0 Å². The molecule has 0 atom stereocenters. The van der Waals surface area contributed by atoms with Gasteiger partial charge in [-0.15, -0.1) is 0 Å². The minimum absolute atomic E-state index is 0.679. The first kappa shape index (κ1) is 8.87. The van der Waals surface area contributed by atoms with Crippen LogP contribution >= 0.6 is 0 Å². The van der Waals surface area contributed by atoms with Gasteiger partial charge in [-0.2, -0.15) is 5.10 Å². The summed E-state index contributed by atoms with van der Waals surface area (Å²) in [7, 11) is 1.85. The highest BCUT2D eigenvalue weighted by molar-refractivity contribution is 5.90. The van der Waals surface area contributed by atoms with E-state index in [0.717, 1.165) is 22.5 Å². The number of H-pyrrole nitrogens is 1. The summed E-state index contributed by atoms with van der Waals surface area (Å²) in [5.74, 6) is 1.72. The molecule has 0 aliphatic heterocycles. The lowest BCUT2D eigenvalue weighted by Gasteiger charge is -2.02. The average molecular weight is 191 g/mol. The standard InChI is InChI=1S/C10H13N3O/c1-3-14-7-4-5-9-8(6-7)10(11-2)13-12-9/h4-6H,3H2,1-2H3,(H2,11,12,13). The third-order valence-corrected chi connectivity index (χ3v) is 2.08. The molecule has 14 heavy (non-hydrogen) atoms. The van der Waals surface area contributed by atoms with Crippen molar-refractivity contribution in [1.29, 1.82) is 0 Å². The van der Waals surface area contributed by atoms with Crippen molar-refractivity contribution in [2.75, 3.05) is 19.0 Å². The quantitative estimate of drug-likeness (QED) is 0.780. The molecule has 0 aliphatic carbocycles. The largest absolute Gasteiger partial charge is 0.494 e. The molecule has 74 valence electrons. The molecule has 0 saturated carbocycles. The molecule has 2 N–H and O–H groups in total. The molecule has 0 bridgehead atoms. The Morgan fingerprint density at radius 1 is 1.50 bits per heavy atom. The van der Waals surface area contributed by atoms with E-state index in [4.69, 9.17) is 4.74 Å². The van der Waals surface area contributed by atoms with Crippen LogP contribution in [0, 0.1) is 0 Å². The summed E-state index contributed by atoms with van der Waals surface area (Å²) < 4.78 is 5.41. The highest BCUT2D eigenvalue weighted by Gasteiger charge is 2.04. The number of aromatic nitrogens is 2. The topological polar surface area (TPSA) is 49.9 Å². The molecule has 2 aromatic rings. The predicted molar refractivity (Wildman–Crippen MR) is 56.8 cm³/mol. The van der Waals surface area contributed by atoms with Crippen LogP contribution in [0.25, 0.3) is 10.9 Å². The van der Waals surface area contributed by atoms with Crippen molar-refractivity contribution < 1.29 is 4.74 Å². The van der Waals surface area contributed by atoms with Crippen molar-refractivity contribution in [1.82, 2.24) is 10.2 Å². The molecule has 0 radical (unpaired) electrons. The van der Waals surface area contributed by atoms with E-state index in [1.54, 1.807) is 0 Å². The van der Waals surface area contributed by atoms with Gasteiger partial charge in [-0.3, -0.25) is 5.10 Å². The Kier molecular flexibility index (Phi) is 2.26. The zero-order chi connectivity index (χ0) is 9.97. The zero-order valence-corrected chi connectivity index (χ0v) is 8.29. The number of hydrogen-bond acceptors (Lipinski definition) is 3. The van der Waals surface area contributed by atoms with Gasteiger partial charge in [-0.05, 0) is 25.1 Å². The molecule has 0 aliphatic rings. The van der Waals surface area contributed by atoms with Crippen LogP contribution in [0.15, 0.2) is 18.2 Å². The third kappa shape index (κ3) is 1.39. The van der Waals surface area contributed by atoms with Gasteiger partial charge in [0.15, 0.2) is 5.82 Å². The molecule has 1 aromatic carbocycles. The fourth-order valence-electron chi connectivity index (χ4n) is 1.44. The van der Waals surface area contributed by atoms with E-state index in [2.05, 4.69) is 15.5 Å². The zero-order valence-electron chi connectivity index (χ0n) is 8.29. The normalized spacial score (nSPS) is 10.4. The second-order valence-electron chi connectivity index (χ2n) is 2.96. The summed E-state index contributed by atoms with van der Waals surface area (Å²) in [6.07, 6.45) is 0. The first-order valence-corrected chi connectivity index (χ1v) is 4.64. The molecule has 4 nitrogen and oxygen atoms in total. The van der Waals surface area contributed by atoms with E-state index < -0.39 is 0 Å². The molecule has 0 fully saturated rings. The van der Waals surface area contributed by atoms with E-state index in [1.165, 1.54) is 0 Å². The van der Waals surface area contributed by atoms with Crippen molar-refractivity contribution in [2.24, 2.45) is 0 Å². The smallest absolute Gasteiger partial charge is 0.155 e. The monoisotopic (exact) mass is 191 g/mol. The van der Waals surface area contributed by atoms with Crippen molar-refractivity contribution in [2.45, 2.75) is 6.92 Å². The molecular formula is C10H13N3O. The number of nitrogens with one attached hydrogen (secondary N) is 2. The number of ether oxygens (including phenoxy) is 1. The maximum absolute atomic E-state index is 5.41. The molecule has 0 spiro atoms. The Morgan fingerprint density at radius 2 is 2.36 bits per heavy atom. The van der Waals surface area contributed by atoms with Gasteiger partial charge in [-0.1, -0.05) is 0 Å². The predicted octanol–water partition coefficient (Wildman–Crippen LogP) is 2.00. The van der Waals surface area contributed by atoms with Crippen LogP contribution in [0.1, 0.15) is 6.92 Å². The van der Waals surface area contributed by atoms with E-state index >= 15 is 0 Å². The number of hydrogen-bond donors (Lipinski definition) is 2. The second kappa shape index (κ2) is 3.57. The molecular weight excluding hydrogens is 178 g/mol. The first-order chi connectivity index (χ1) is 6.85. The summed E-state index contributed by atoms with van der Waals surface area (Å²) in [5, 5.41) is 11.1. The Labute approximate surface area is 82.3 Å². The number of fused-ring (bicyclic) bond motifs is 1. The van der Waals surface area contributed by atoms with Gasteiger partial charge in [0.2, 0.25) is 0 Å². The number of anilines is 1. The minimum atomic E-state index is 0.679. The highest BCUT2D eigenvalue weighted by Crippen LogP contribution is 2.24. The Bertz CT molecular complexity index is 436. The van der Waals surface area contributed by atoms with Crippen molar-refractivity contribution in [3.05, 3.63) is 18.2 Å². The molecule has 0 unspecified atom stereocenters. The lowest BCUT2D eigenvalue weighted by Crippen LogP contribution is -1.91. The molecule has 1 heterocycles. The average Bonchev–Trinajstić information content (AvgIpc) is 2.60. The summed E-state index contributed by atoms with van der Waals surface area (Å²) in [5.41, 5.74) is 1.01. The fraction of sp³-hybridized carbons (Fsp3) is 0.300. The van der Waals surface area contributed by atoms with Gasteiger partial charge >= 0.3 is 0 Å². The van der Waals surface area contributed by atoms with E-state index in [1.807, 2.05) is 32.2 Å². The maximum Gasteiger partial charge on any atom is 0.155 e. The van der Waals surface area contributed by atoms with Crippen molar-refractivity contribution >= 4 is 16.7 Å². The minimum Gasteiger partial charge on any atom is -0.494 e. The van der Waals surface area contributed by atoms with E-state index in [0.29, 0.717) is 6.61 Å². The van der Waals surface area contributed by atoms with Crippen molar-refractivity contribution in [3.8, 4) is 5.75 Å². The SMILES string of the molecule is CCOc1ccc2[nH]nc(NC)c2c1. The number of nitrogens with zero attached hydrogens (tertiary/aromatic N) is 1. The van der Waals surface area contributed by atoms with Crippen LogP contribution in [-0.4, -0.2) is 23.9 Å². The van der Waals surface area contributed by atoms with Crippen LogP contribution in [0.2, 0.25) is 0 Å². The molecule has 4 heteroatoms. The molecule has 0 amide bonds. The molecule has 1 aromatic heterocycles. The van der Waals surface area contributed by atoms with Crippen LogP contribution in [-0.2, 0) is 0 Å². The Hall–Kier alpha value is -1.71. The van der Waals surface area contributed by atoms with E-state index in [-0.39, 0.29) is 0 Å². The van der Waals surface area contributed by atoms with Gasteiger partial charge in [0.05, 0.1) is 12.1 Å². The molecule has 2 rings (SSSR count). The maximum atomic E-state index is 5.41. The highest BCUT2D eigenvalue weighted by atomic mass is 16.5. The van der Waals surface area contributed by atoms with Gasteiger partial charge in [0.25, 0.3) is 0 Å². The summed E-state index contributed by atoms with van der Waals surface area (Å²) in [6, 6.07) is 5.88. The lowest BCUT2D eigenvalue weighted by molar-refractivity contribution is 0.341. The van der Waals surface area contributed by atoms with Crippen LogP contribution in [0.3, 0.4) is 0 Å². The summed E-state index contributed by atoms with van der Waals surface area (Å²) >= 11 is 0.